The smallest absolute Gasteiger partial charge is 0.300 e. The number of nitrogens with zero attached hydrogens (tertiary/aromatic N) is 1. The summed E-state index contributed by atoms with van der Waals surface area (Å²) < 4.78 is 5.16. The van der Waals surface area contributed by atoms with Crippen LogP contribution in [0.5, 0.6) is 5.75 Å². The van der Waals surface area contributed by atoms with Gasteiger partial charge in [0.15, 0.2) is 0 Å². The van der Waals surface area contributed by atoms with Crippen molar-refractivity contribution >= 4 is 46.3 Å². The predicted molar refractivity (Wildman–Crippen MR) is 125 cm³/mol. The van der Waals surface area contributed by atoms with Crippen LogP contribution in [-0.2, 0) is 9.59 Å². The van der Waals surface area contributed by atoms with Crippen molar-refractivity contribution in [2.75, 3.05) is 12.0 Å². The highest BCUT2D eigenvalue weighted by Gasteiger charge is 2.47. The first-order chi connectivity index (χ1) is 15.3. The van der Waals surface area contributed by atoms with Crippen molar-refractivity contribution in [1.82, 2.24) is 0 Å². The second-order valence-electron chi connectivity index (χ2n) is 7.38. The van der Waals surface area contributed by atoms with Crippen LogP contribution in [0.15, 0.2) is 72.3 Å². The van der Waals surface area contributed by atoms with Gasteiger partial charge in [-0.3, -0.25) is 14.5 Å². The standard InChI is InChI=1S/C25H19Cl2NO4/c1-14-5-3-4-6-20(14)22-21(23(29)15-7-9-19(32-2)10-8-15)24(30)25(31)28(22)18-12-16(26)11-17(27)13-18/h3-13,22,29H,1-2H3/b23-21+. The van der Waals surface area contributed by atoms with Crippen LogP contribution in [0.1, 0.15) is 22.7 Å². The first-order valence-corrected chi connectivity index (χ1v) is 10.5. The number of rotatable bonds is 4. The highest BCUT2D eigenvalue weighted by atomic mass is 35.5. The molecule has 1 atom stereocenters. The van der Waals surface area contributed by atoms with Crippen molar-refractivity contribution in [1.29, 1.82) is 0 Å². The number of aliphatic hydroxyl groups excluding tert-OH is 1. The molecule has 162 valence electrons. The lowest BCUT2D eigenvalue weighted by Gasteiger charge is -2.27. The molecule has 0 bridgehead atoms. The monoisotopic (exact) mass is 467 g/mol. The number of benzene rings is 3. The molecule has 1 fully saturated rings. The average molecular weight is 468 g/mol. The van der Waals surface area contributed by atoms with Gasteiger partial charge in [0.25, 0.3) is 11.7 Å². The number of anilines is 1. The molecule has 4 rings (SSSR count). The predicted octanol–water partition coefficient (Wildman–Crippen LogP) is 5.94. The number of methoxy groups -OCH3 is 1. The molecule has 0 spiro atoms. The van der Waals surface area contributed by atoms with E-state index in [9.17, 15) is 14.7 Å². The molecule has 3 aromatic rings. The fraction of sp³-hybridized carbons (Fsp3) is 0.120. The maximum Gasteiger partial charge on any atom is 0.300 e. The molecule has 5 nitrogen and oxygen atoms in total. The number of ether oxygens (including phenoxy) is 1. The first kappa shape index (κ1) is 21.9. The van der Waals surface area contributed by atoms with Gasteiger partial charge in [0.2, 0.25) is 0 Å². The second-order valence-corrected chi connectivity index (χ2v) is 8.25. The van der Waals surface area contributed by atoms with Gasteiger partial charge in [-0.15, -0.1) is 0 Å². The van der Waals surface area contributed by atoms with Gasteiger partial charge in [-0.1, -0.05) is 47.5 Å². The number of ketones is 1. The van der Waals surface area contributed by atoms with Crippen LogP contribution in [-0.4, -0.2) is 23.9 Å². The van der Waals surface area contributed by atoms with Gasteiger partial charge in [-0.25, -0.2) is 0 Å². The van der Waals surface area contributed by atoms with Crippen molar-refractivity contribution in [2.24, 2.45) is 0 Å². The van der Waals surface area contributed by atoms with E-state index in [2.05, 4.69) is 0 Å². The first-order valence-electron chi connectivity index (χ1n) is 9.79. The fourth-order valence-electron chi connectivity index (χ4n) is 3.87. The van der Waals surface area contributed by atoms with Crippen molar-refractivity contribution in [3.63, 3.8) is 0 Å². The molecule has 1 N–H and O–H groups in total. The molecular formula is C25H19Cl2NO4. The van der Waals surface area contributed by atoms with Gasteiger partial charge < -0.3 is 9.84 Å². The Morgan fingerprint density at radius 2 is 1.59 bits per heavy atom. The minimum Gasteiger partial charge on any atom is -0.507 e. The summed E-state index contributed by atoms with van der Waals surface area (Å²) in [5.41, 5.74) is 2.32. The highest BCUT2D eigenvalue weighted by molar-refractivity contribution is 6.52. The van der Waals surface area contributed by atoms with Crippen LogP contribution in [0.2, 0.25) is 10.0 Å². The third-order valence-electron chi connectivity index (χ3n) is 5.42. The number of hydrogen-bond acceptors (Lipinski definition) is 4. The Balaban J connectivity index is 1.97. The summed E-state index contributed by atoms with van der Waals surface area (Å²) in [6.45, 7) is 1.88. The quantitative estimate of drug-likeness (QED) is 0.293. The molecule has 1 unspecified atom stereocenters. The van der Waals surface area contributed by atoms with Gasteiger partial charge in [-0.05, 0) is 60.5 Å². The molecule has 1 amide bonds. The van der Waals surface area contributed by atoms with Gasteiger partial charge in [0.1, 0.15) is 11.5 Å². The van der Waals surface area contributed by atoms with Crippen LogP contribution in [0.25, 0.3) is 5.76 Å². The molecule has 32 heavy (non-hydrogen) atoms. The number of hydrogen-bond donors (Lipinski definition) is 1. The van der Waals surface area contributed by atoms with Gasteiger partial charge in [0, 0.05) is 21.3 Å². The van der Waals surface area contributed by atoms with Crippen molar-refractivity contribution in [2.45, 2.75) is 13.0 Å². The van der Waals surface area contributed by atoms with E-state index in [1.54, 1.807) is 42.5 Å². The number of halogens is 2. The molecule has 1 saturated heterocycles. The van der Waals surface area contributed by atoms with Gasteiger partial charge >= 0.3 is 0 Å². The molecule has 1 aliphatic rings. The van der Waals surface area contributed by atoms with Crippen molar-refractivity contribution in [3.05, 3.63) is 99.0 Å². The number of aryl methyl sites for hydroxylation is 1. The molecule has 3 aromatic carbocycles. The molecule has 0 radical (unpaired) electrons. The summed E-state index contributed by atoms with van der Waals surface area (Å²) in [7, 11) is 1.54. The summed E-state index contributed by atoms with van der Waals surface area (Å²) in [5.74, 6) is -1.23. The van der Waals surface area contributed by atoms with Gasteiger partial charge in [-0.2, -0.15) is 0 Å². The molecule has 1 aliphatic heterocycles. The Bertz CT molecular complexity index is 1230. The molecule has 7 heteroatoms. The van der Waals surface area contributed by atoms with E-state index in [1.807, 2.05) is 31.2 Å². The average Bonchev–Trinajstić information content (AvgIpc) is 3.03. The summed E-state index contributed by atoms with van der Waals surface area (Å²) in [4.78, 5) is 27.7. The highest BCUT2D eigenvalue weighted by Crippen LogP contribution is 2.44. The van der Waals surface area contributed by atoms with Crippen LogP contribution >= 0.6 is 23.2 Å². The molecule has 0 saturated carbocycles. The number of amides is 1. The zero-order valence-electron chi connectivity index (χ0n) is 17.3. The molecule has 1 heterocycles. The summed E-state index contributed by atoms with van der Waals surface area (Å²) in [6.07, 6.45) is 0. The summed E-state index contributed by atoms with van der Waals surface area (Å²) in [6, 6.07) is 17.8. The Labute approximate surface area is 195 Å². The van der Waals surface area contributed by atoms with E-state index >= 15 is 0 Å². The zero-order chi connectivity index (χ0) is 23.0. The van der Waals surface area contributed by atoms with E-state index in [-0.39, 0.29) is 11.3 Å². The van der Waals surface area contributed by atoms with Crippen molar-refractivity contribution < 1.29 is 19.4 Å². The van der Waals surface area contributed by atoms with Crippen LogP contribution in [0, 0.1) is 6.92 Å². The largest absolute Gasteiger partial charge is 0.507 e. The normalized spacial score (nSPS) is 17.6. The molecule has 0 aromatic heterocycles. The van der Waals surface area contributed by atoms with E-state index < -0.39 is 17.7 Å². The molecular weight excluding hydrogens is 449 g/mol. The Morgan fingerprint density at radius 1 is 0.969 bits per heavy atom. The lowest BCUT2D eigenvalue weighted by Crippen LogP contribution is -2.29. The summed E-state index contributed by atoms with van der Waals surface area (Å²) in [5, 5.41) is 11.8. The van der Waals surface area contributed by atoms with E-state index in [1.165, 1.54) is 12.0 Å². The minimum atomic E-state index is -0.854. The van der Waals surface area contributed by atoms with Crippen LogP contribution in [0.4, 0.5) is 5.69 Å². The maximum atomic E-state index is 13.2. The molecule has 0 aliphatic carbocycles. The SMILES string of the molecule is COc1ccc(/C(O)=C2\C(=O)C(=O)N(c3cc(Cl)cc(Cl)c3)C2c2ccccc2C)cc1. The minimum absolute atomic E-state index is 0.00874. The van der Waals surface area contributed by atoms with E-state index in [0.717, 1.165) is 5.56 Å². The number of carbonyl (C=O) groups excluding carboxylic acids is 2. The topological polar surface area (TPSA) is 66.8 Å². The Morgan fingerprint density at radius 3 is 2.19 bits per heavy atom. The summed E-state index contributed by atoms with van der Waals surface area (Å²) >= 11 is 12.4. The van der Waals surface area contributed by atoms with E-state index in [0.29, 0.717) is 32.6 Å². The lowest BCUT2D eigenvalue weighted by molar-refractivity contribution is -0.132. The lowest BCUT2D eigenvalue weighted by atomic mass is 9.92. The second kappa shape index (κ2) is 8.69. The Hall–Kier alpha value is -3.28. The van der Waals surface area contributed by atoms with Crippen LogP contribution in [0.3, 0.4) is 0 Å². The number of Topliss-reactive ketones (excluding diaryl/α,β-unsaturated/α-hetero) is 1. The third-order valence-corrected chi connectivity index (χ3v) is 5.85. The third kappa shape index (κ3) is 3.85. The number of carbonyl (C=O) groups is 2. The number of aliphatic hydroxyl groups is 1. The van der Waals surface area contributed by atoms with Gasteiger partial charge in [0.05, 0.1) is 18.7 Å². The maximum absolute atomic E-state index is 13.2. The van der Waals surface area contributed by atoms with Crippen LogP contribution < -0.4 is 9.64 Å². The van der Waals surface area contributed by atoms with E-state index in [4.69, 9.17) is 27.9 Å². The fourth-order valence-corrected chi connectivity index (χ4v) is 4.38. The Kier molecular flexibility index (Phi) is 5.96. The zero-order valence-corrected chi connectivity index (χ0v) is 18.8. The van der Waals surface area contributed by atoms with Crippen molar-refractivity contribution in [3.8, 4) is 5.75 Å².